The lowest BCUT2D eigenvalue weighted by atomic mass is 10.3. The molecular formula is C10H11BrFNO4S. The lowest BCUT2D eigenvalue weighted by Crippen LogP contribution is -2.17. The van der Waals surface area contributed by atoms with Gasteiger partial charge < -0.3 is 5.11 Å². The van der Waals surface area contributed by atoms with E-state index in [0.29, 0.717) is 4.47 Å². The molecule has 0 spiro atoms. The normalized spacial score (nSPS) is 11.2. The maximum absolute atomic E-state index is 12.9. The lowest BCUT2D eigenvalue weighted by molar-refractivity contribution is -0.137. The van der Waals surface area contributed by atoms with E-state index in [2.05, 4.69) is 20.7 Å². The average molecular weight is 340 g/mol. The molecule has 0 radical (unpaired) electrons. The first-order valence-corrected chi connectivity index (χ1v) is 7.42. The summed E-state index contributed by atoms with van der Waals surface area (Å²) < 4.78 is 38.7. The van der Waals surface area contributed by atoms with Crippen molar-refractivity contribution in [1.29, 1.82) is 0 Å². The third kappa shape index (κ3) is 5.01. The number of rotatable bonds is 6. The molecule has 1 rings (SSSR count). The topological polar surface area (TPSA) is 83.5 Å². The number of carboxylic acid groups (broad SMARTS) is 1. The van der Waals surface area contributed by atoms with Gasteiger partial charge in [-0.25, -0.2) is 12.8 Å². The third-order valence-corrected chi connectivity index (χ3v) is 4.05. The molecule has 0 saturated heterocycles. The summed E-state index contributed by atoms with van der Waals surface area (Å²) in [5.41, 5.74) is 0.0883. The van der Waals surface area contributed by atoms with Crippen LogP contribution in [0.4, 0.5) is 10.1 Å². The molecule has 0 atom stereocenters. The van der Waals surface area contributed by atoms with Crippen LogP contribution >= 0.6 is 15.9 Å². The Morgan fingerprint density at radius 1 is 1.44 bits per heavy atom. The molecule has 0 aliphatic carbocycles. The Labute approximate surface area is 112 Å². The fourth-order valence-electron chi connectivity index (χ4n) is 1.21. The van der Waals surface area contributed by atoms with E-state index in [9.17, 15) is 17.6 Å². The smallest absolute Gasteiger partial charge is 0.303 e. The molecule has 2 N–H and O–H groups in total. The summed E-state index contributed by atoms with van der Waals surface area (Å²) in [6.45, 7) is 0. The molecule has 18 heavy (non-hydrogen) atoms. The van der Waals surface area contributed by atoms with Crippen molar-refractivity contribution in [3.05, 3.63) is 28.5 Å². The van der Waals surface area contributed by atoms with Crippen LogP contribution in [-0.2, 0) is 14.8 Å². The molecule has 1 aromatic rings. The van der Waals surface area contributed by atoms with Crippen molar-refractivity contribution in [1.82, 2.24) is 0 Å². The Morgan fingerprint density at radius 3 is 2.72 bits per heavy atom. The third-order valence-electron chi connectivity index (χ3n) is 2.00. The number of halogens is 2. The predicted octanol–water partition coefficient (Wildman–Crippen LogP) is 2.19. The molecule has 8 heteroatoms. The number of hydrogen-bond donors (Lipinski definition) is 2. The van der Waals surface area contributed by atoms with Crippen LogP contribution in [0.25, 0.3) is 0 Å². The van der Waals surface area contributed by atoms with E-state index >= 15 is 0 Å². The molecule has 0 bridgehead atoms. The van der Waals surface area contributed by atoms with Crippen molar-refractivity contribution < 1.29 is 22.7 Å². The van der Waals surface area contributed by atoms with Crippen LogP contribution in [0.1, 0.15) is 12.8 Å². The second-order valence-corrected chi connectivity index (χ2v) is 6.24. The van der Waals surface area contributed by atoms with E-state index in [1.54, 1.807) is 0 Å². The van der Waals surface area contributed by atoms with E-state index in [1.165, 1.54) is 12.1 Å². The predicted molar refractivity (Wildman–Crippen MR) is 68.4 cm³/mol. The van der Waals surface area contributed by atoms with E-state index in [4.69, 9.17) is 5.11 Å². The molecule has 1 aromatic carbocycles. The van der Waals surface area contributed by atoms with Crippen LogP contribution in [0.2, 0.25) is 0 Å². The molecule has 0 amide bonds. The average Bonchev–Trinajstić information content (AvgIpc) is 2.22. The minimum atomic E-state index is -3.68. The van der Waals surface area contributed by atoms with Crippen LogP contribution < -0.4 is 4.72 Å². The van der Waals surface area contributed by atoms with E-state index in [1.807, 2.05) is 0 Å². The van der Waals surface area contributed by atoms with E-state index in [0.717, 1.165) is 6.07 Å². The molecule has 0 saturated carbocycles. The lowest BCUT2D eigenvalue weighted by Gasteiger charge is -2.09. The molecule has 0 heterocycles. The number of hydrogen-bond acceptors (Lipinski definition) is 3. The highest BCUT2D eigenvalue weighted by Crippen LogP contribution is 2.24. The summed E-state index contributed by atoms with van der Waals surface area (Å²) in [7, 11) is -3.68. The van der Waals surface area contributed by atoms with Crippen LogP contribution in [0.5, 0.6) is 0 Å². The number of benzene rings is 1. The van der Waals surface area contributed by atoms with Gasteiger partial charge in [0.25, 0.3) is 0 Å². The van der Waals surface area contributed by atoms with Gasteiger partial charge in [-0.15, -0.1) is 0 Å². The van der Waals surface area contributed by atoms with Crippen LogP contribution in [0.15, 0.2) is 22.7 Å². The van der Waals surface area contributed by atoms with Gasteiger partial charge in [0.1, 0.15) is 5.82 Å². The monoisotopic (exact) mass is 339 g/mol. The summed E-state index contributed by atoms with van der Waals surface area (Å²) in [6, 6.07) is 3.61. The highest BCUT2D eigenvalue weighted by molar-refractivity contribution is 9.10. The Bertz CT molecular complexity index is 547. The van der Waals surface area contributed by atoms with Gasteiger partial charge in [0.15, 0.2) is 0 Å². The number of carbonyl (C=O) groups is 1. The van der Waals surface area contributed by atoms with E-state index in [-0.39, 0.29) is 24.3 Å². The van der Waals surface area contributed by atoms with Gasteiger partial charge in [0, 0.05) is 10.9 Å². The van der Waals surface area contributed by atoms with Gasteiger partial charge in [-0.3, -0.25) is 9.52 Å². The first kappa shape index (κ1) is 14.9. The maximum atomic E-state index is 12.9. The Morgan fingerprint density at radius 2 is 2.11 bits per heavy atom. The van der Waals surface area contributed by atoms with Gasteiger partial charge in [-0.2, -0.15) is 0 Å². The van der Waals surface area contributed by atoms with Crippen LogP contribution in [0, 0.1) is 5.82 Å². The molecular weight excluding hydrogens is 329 g/mol. The summed E-state index contributed by atoms with van der Waals surface area (Å²) in [6.07, 6.45) is -0.233. The molecule has 100 valence electrons. The van der Waals surface area contributed by atoms with Crippen LogP contribution in [0.3, 0.4) is 0 Å². The molecule has 0 unspecified atom stereocenters. The van der Waals surface area contributed by atoms with Crippen molar-refractivity contribution in [2.75, 3.05) is 10.5 Å². The summed E-state index contributed by atoms with van der Waals surface area (Å²) in [4.78, 5) is 10.3. The molecule has 0 aliphatic rings. The van der Waals surface area contributed by atoms with Crippen molar-refractivity contribution in [3.63, 3.8) is 0 Å². The quantitative estimate of drug-likeness (QED) is 0.832. The second kappa shape index (κ2) is 6.14. The van der Waals surface area contributed by atoms with Crippen molar-refractivity contribution in [2.45, 2.75) is 12.8 Å². The largest absolute Gasteiger partial charge is 0.481 e. The highest BCUT2D eigenvalue weighted by atomic mass is 79.9. The van der Waals surface area contributed by atoms with Gasteiger partial charge >= 0.3 is 5.97 Å². The molecule has 0 aliphatic heterocycles. The minimum Gasteiger partial charge on any atom is -0.481 e. The summed E-state index contributed by atoms with van der Waals surface area (Å²) >= 11 is 3.09. The Kier molecular flexibility index (Phi) is 5.09. The number of aliphatic carboxylic acids is 1. The molecule has 0 aromatic heterocycles. The standard InChI is InChI=1S/C10H11BrFNO4S/c11-8-4-3-7(12)6-9(8)13-18(16,17)5-1-2-10(14)15/h3-4,6,13H,1-2,5H2,(H,14,15). The Balaban J connectivity index is 2.70. The van der Waals surface area contributed by atoms with Crippen molar-refractivity contribution >= 4 is 37.6 Å². The highest BCUT2D eigenvalue weighted by Gasteiger charge is 2.13. The number of nitrogens with one attached hydrogen (secondary N) is 1. The number of anilines is 1. The minimum absolute atomic E-state index is 0.00238. The Hall–Kier alpha value is -1.15. The van der Waals surface area contributed by atoms with Gasteiger partial charge in [-0.05, 0) is 40.5 Å². The first-order chi connectivity index (χ1) is 8.30. The number of carboxylic acids is 1. The van der Waals surface area contributed by atoms with Crippen LogP contribution in [-0.4, -0.2) is 25.2 Å². The summed E-state index contributed by atoms with van der Waals surface area (Å²) in [5, 5.41) is 8.41. The zero-order valence-electron chi connectivity index (χ0n) is 9.19. The zero-order valence-corrected chi connectivity index (χ0v) is 11.6. The van der Waals surface area contributed by atoms with Gasteiger partial charge in [0.2, 0.25) is 10.0 Å². The fraction of sp³-hybridized carbons (Fsp3) is 0.300. The number of sulfonamides is 1. The zero-order chi connectivity index (χ0) is 13.8. The van der Waals surface area contributed by atoms with Gasteiger partial charge in [-0.1, -0.05) is 0 Å². The SMILES string of the molecule is O=C(O)CCCS(=O)(=O)Nc1cc(F)ccc1Br. The second-order valence-electron chi connectivity index (χ2n) is 3.54. The van der Waals surface area contributed by atoms with Crippen molar-refractivity contribution in [3.8, 4) is 0 Å². The first-order valence-electron chi connectivity index (χ1n) is 4.97. The van der Waals surface area contributed by atoms with E-state index < -0.39 is 21.8 Å². The fourth-order valence-corrected chi connectivity index (χ4v) is 2.82. The molecule has 5 nitrogen and oxygen atoms in total. The van der Waals surface area contributed by atoms with Crippen molar-refractivity contribution in [2.24, 2.45) is 0 Å². The molecule has 0 fully saturated rings. The summed E-state index contributed by atoms with van der Waals surface area (Å²) in [5.74, 6) is -1.96. The van der Waals surface area contributed by atoms with Gasteiger partial charge in [0.05, 0.1) is 11.4 Å². The maximum Gasteiger partial charge on any atom is 0.303 e.